The first-order valence-electron chi connectivity index (χ1n) is 11.1. The minimum Gasteiger partial charge on any atom is -0.497 e. The van der Waals surface area contributed by atoms with Crippen LogP contribution in [0.3, 0.4) is 0 Å². The number of fused-ring (bicyclic) bond motifs is 1. The highest BCUT2D eigenvalue weighted by Gasteiger charge is 2.11. The van der Waals surface area contributed by atoms with Gasteiger partial charge in [-0.2, -0.15) is 0 Å². The molecule has 0 amide bonds. The highest BCUT2D eigenvalue weighted by molar-refractivity contribution is 7.15. The molecule has 5 aromatic rings. The maximum absolute atomic E-state index is 6.22. The summed E-state index contributed by atoms with van der Waals surface area (Å²) in [5.74, 6) is 2.40. The minimum absolute atomic E-state index is 0.633. The molecule has 0 atom stereocenters. The molecule has 0 aliphatic rings. The molecule has 2 heterocycles. The molecule has 0 fully saturated rings. The first-order valence-corrected chi connectivity index (χ1v) is 11.9. The van der Waals surface area contributed by atoms with Crippen molar-refractivity contribution in [1.82, 2.24) is 4.98 Å². The summed E-state index contributed by atoms with van der Waals surface area (Å²) < 4.78 is 17.1. The Morgan fingerprint density at radius 2 is 1.62 bits per heavy atom. The molecule has 0 bridgehead atoms. The molecule has 5 rings (SSSR count). The fourth-order valence-electron chi connectivity index (χ4n) is 3.78. The minimum atomic E-state index is 0.633. The van der Waals surface area contributed by atoms with E-state index in [0.717, 1.165) is 55.3 Å². The number of aryl methyl sites for hydroxylation is 1. The zero-order valence-electron chi connectivity index (χ0n) is 19.2. The summed E-state index contributed by atoms with van der Waals surface area (Å²) in [6, 6.07) is 25.7. The van der Waals surface area contributed by atoms with Crippen LogP contribution in [0.2, 0.25) is 0 Å². The van der Waals surface area contributed by atoms with Gasteiger partial charge in [0, 0.05) is 27.5 Å². The largest absolute Gasteiger partial charge is 0.497 e. The SMILES string of the molecule is CCOc1ccc(-c2c/c(=N\c3nc(-c4ccc(OC)cc4)c(C)s3)c3ccccc3o2)cc1. The van der Waals surface area contributed by atoms with Gasteiger partial charge in [0.2, 0.25) is 5.13 Å². The van der Waals surface area contributed by atoms with Gasteiger partial charge in [-0.05, 0) is 74.5 Å². The highest BCUT2D eigenvalue weighted by Crippen LogP contribution is 2.33. The van der Waals surface area contributed by atoms with E-state index in [4.69, 9.17) is 23.9 Å². The Labute approximate surface area is 202 Å². The second-order valence-electron chi connectivity index (χ2n) is 7.69. The Morgan fingerprint density at radius 1 is 0.912 bits per heavy atom. The highest BCUT2D eigenvalue weighted by atomic mass is 32.1. The predicted octanol–water partition coefficient (Wildman–Crippen LogP) is 7.17. The van der Waals surface area contributed by atoms with E-state index in [-0.39, 0.29) is 0 Å². The summed E-state index contributed by atoms with van der Waals surface area (Å²) in [6.07, 6.45) is 0. The summed E-state index contributed by atoms with van der Waals surface area (Å²) in [4.78, 5) is 10.9. The number of hydrogen-bond acceptors (Lipinski definition) is 6. The Hall–Kier alpha value is -3.90. The maximum Gasteiger partial charge on any atom is 0.210 e. The maximum atomic E-state index is 6.22. The second-order valence-corrected chi connectivity index (χ2v) is 8.87. The summed E-state index contributed by atoms with van der Waals surface area (Å²) in [7, 11) is 1.66. The molecule has 0 spiro atoms. The Morgan fingerprint density at radius 3 is 2.35 bits per heavy atom. The molecule has 0 aliphatic carbocycles. The molecule has 0 radical (unpaired) electrons. The number of benzene rings is 3. The van der Waals surface area contributed by atoms with E-state index < -0.39 is 0 Å². The lowest BCUT2D eigenvalue weighted by atomic mass is 10.1. The van der Waals surface area contributed by atoms with Crippen molar-refractivity contribution in [3.05, 3.63) is 89.1 Å². The molecule has 0 saturated heterocycles. The van der Waals surface area contributed by atoms with Gasteiger partial charge in [0.25, 0.3) is 0 Å². The van der Waals surface area contributed by atoms with Crippen LogP contribution < -0.4 is 14.8 Å². The summed E-state index contributed by atoms with van der Waals surface area (Å²) in [5, 5.41) is 2.47. The van der Waals surface area contributed by atoms with Crippen LogP contribution in [-0.4, -0.2) is 18.7 Å². The van der Waals surface area contributed by atoms with E-state index in [0.29, 0.717) is 11.7 Å². The van der Waals surface area contributed by atoms with Crippen molar-refractivity contribution in [1.29, 1.82) is 0 Å². The monoisotopic (exact) mass is 468 g/mol. The molecule has 0 saturated carbocycles. The van der Waals surface area contributed by atoms with Gasteiger partial charge >= 0.3 is 0 Å². The second kappa shape index (κ2) is 9.53. The number of ether oxygens (including phenoxy) is 2. The van der Waals surface area contributed by atoms with Crippen molar-refractivity contribution < 1.29 is 13.9 Å². The number of hydrogen-bond donors (Lipinski definition) is 0. The van der Waals surface area contributed by atoms with Crippen LogP contribution in [0.1, 0.15) is 11.8 Å². The average Bonchev–Trinajstić information content (AvgIpc) is 3.24. The van der Waals surface area contributed by atoms with Crippen LogP contribution in [0.15, 0.2) is 88.3 Å². The molecule has 0 aliphatic heterocycles. The van der Waals surface area contributed by atoms with E-state index in [1.165, 1.54) is 0 Å². The molecule has 2 aromatic heterocycles. The number of aromatic nitrogens is 1. The lowest BCUT2D eigenvalue weighted by molar-refractivity contribution is 0.340. The Kier molecular flexibility index (Phi) is 6.14. The predicted molar refractivity (Wildman–Crippen MR) is 137 cm³/mol. The van der Waals surface area contributed by atoms with Gasteiger partial charge in [-0.25, -0.2) is 9.98 Å². The molecule has 6 heteroatoms. The summed E-state index contributed by atoms with van der Waals surface area (Å²) in [6.45, 7) is 4.68. The Bertz CT molecular complexity index is 1500. The van der Waals surface area contributed by atoms with Gasteiger partial charge in [0.1, 0.15) is 22.8 Å². The van der Waals surface area contributed by atoms with Crippen molar-refractivity contribution >= 4 is 27.4 Å². The van der Waals surface area contributed by atoms with E-state index in [9.17, 15) is 0 Å². The fourth-order valence-corrected chi connectivity index (χ4v) is 4.60. The zero-order chi connectivity index (χ0) is 23.5. The van der Waals surface area contributed by atoms with E-state index in [1.807, 2.05) is 85.8 Å². The average molecular weight is 469 g/mol. The lowest BCUT2D eigenvalue weighted by Gasteiger charge is -2.06. The molecule has 0 N–H and O–H groups in total. The van der Waals surface area contributed by atoms with Crippen molar-refractivity contribution in [3.8, 4) is 34.1 Å². The third kappa shape index (κ3) is 4.45. The Balaban J connectivity index is 1.59. The summed E-state index contributed by atoms with van der Waals surface area (Å²) >= 11 is 1.58. The van der Waals surface area contributed by atoms with Gasteiger partial charge < -0.3 is 13.9 Å². The van der Waals surface area contributed by atoms with Crippen molar-refractivity contribution in [3.63, 3.8) is 0 Å². The van der Waals surface area contributed by atoms with Gasteiger partial charge in [-0.15, -0.1) is 0 Å². The standard InChI is InChI=1S/C28H24N2O3S/c1-4-32-22-15-9-19(10-16-22)26-17-24(23-7-5-6-8-25(23)33-26)29-28-30-27(18(2)34-28)20-11-13-21(31-3)14-12-20/h5-17H,4H2,1-3H3/b29-24+. The molecular formula is C28H24N2O3S. The molecule has 5 nitrogen and oxygen atoms in total. The van der Waals surface area contributed by atoms with Crippen LogP contribution in [0.4, 0.5) is 5.13 Å². The van der Waals surface area contributed by atoms with Gasteiger partial charge in [0.15, 0.2) is 0 Å². The first kappa shape index (κ1) is 21.9. The van der Waals surface area contributed by atoms with Crippen LogP contribution in [0.5, 0.6) is 11.5 Å². The normalized spacial score (nSPS) is 11.7. The molecule has 34 heavy (non-hydrogen) atoms. The first-order chi connectivity index (χ1) is 16.6. The topological polar surface area (TPSA) is 56.9 Å². The number of methoxy groups -OCH3 is 1. The van der Waals surface area contributed by atoms with E-state index in [1.54, 1.807) is 18.4 Å². The number of thiazole rings is 1. The van der Waals surface area contributed by atoms with E-state index in [2.05, 4.69) is 6.92 Å². The molecule has 170 valence electrons. The lowest BCUT2D eigenvalue weighted by Crippen LogP contribution is -2.03. The van der Waals surface area contributed by atoms with Crippen molar-refractivity contribution in [2.75, 3.05) is 13.7 Å². The number of nitrogens with zero attached hydrogens (tertiary/aromatic N) is 2. The quantitative estimate of drug-likeness (QED) is 0.265. The number of rotatable bonds is 6. The number of para-hydroxylation sites is 1. The van der Waals surface area contributed by atoms with Crippen LogP contribution in [-0.2, 0) is 0 Å². The van der Waals surface area contributed by atoms with Crippen molar-refractivity contribution in [2.24, 2.45) is 4.99 Å². The third-order valence-electron chi connectivity index (χ3n) is 5.47. The van der Waals surface area contributed by atoms with Gasteiger partial charge in [-0.1, -0.05) is 23.5 Å². The van der Waals surface area contributed by atoms with Gasteiger partial charge in [0.05, 0.1) is 24.8 Å². The van der Waals surface area contributed by atoms with Gasteiger partial charge in [-0.3, -0.25) is 0 Å². The zero-order valence-corrected chi connectivity index (χ0v) is 20.1. The third-order valence-corrected chi connectivity index (χ3v) is 6.33. The van der Waals surface area contributed by atoms with Crippen LogP contribution in [0.25, 0.3) is 33.6 Å². The van der Waals surface area contributed by atoms with Crippen LogP contribution >= 0.6 is 11.3 Å². The molecule has 0 unspecified atom stereocenters. The van der Waals surface area contributed by atoms with Crippen molar-refractivity contribution in [2.45, 2.75) is 13.8 Å². The summed E-state index contributed by atoms with van der Waals surface area (Å²) in [5.41, 5.74) is 3.71. The molecule has 3 aromatic carbocycles. The van der Waals surface area contributed by atoms with E-state index >= 15 is 0 Å². The fraction of sp³-hybridized carbons (Fsp3) is 0.143. The molecular weight excluding hydrogens is 444 g/mol. The van der Waals surface area contributed by atoms with Crippen LogP contribution in [0, 0.1) is 6.92 Å². The smallest absolute Gasteiger partial charge is 0.210 e.